The van der Waals surface area contributed by atoms with Gasteiger partial charge in [0.25, 0.3) is 0 Å². The molecule has 0 radical (unpaired) electrons. The summed E-state index contributed by atoms with van der Waals surface area (Å²) in [5.74, 6) is 0.947. The first-order valence-corrected chi connectivity index (χ1v) is 6.22. The third-order valence-electron chi connectivity index (χ3n) is 3.31. The van der Waals surface area contributed by atoms with E-state index in [-0.39, 0.29) is 0 Å². The number of unbranched alkanes of at least 4 members (excludes halogenated alkanes) is 1. The fourth-order valence-electron chi connectivity index (χ4n) is 2.03. The van der Waals surface area contributed by atoms with E-state index >= 15 is 0 Å². The molecule has 94 valence electrons. The molecule has 3 heteroatoms. The monoisotopic (exact) mass is 242 g/mol. The number of hydrogen-bond acceptors (Lipinski definition) is 0. The number of rotatable bonds is 5. The molecule has 0 spiro atoms. The van der Waals surface area contributed by atoms with Crippen LogP contribution in [0.25, 0.3) is 0 Å². The number of halogens is 3. The molecular weight excluding hydrogens is 225 g/mol. The minimum absolute atomic E-state index is 0.556. The van der Waals surface area contributed by atoms with E-state index in [0.717, 1.165) is 24.3 Å². The van der Waals surface area contributed by atoms with Crippen molar-refractivity contribution in [3.05, 3.63) is 35.4 Å². The van der Waals surface area contributed by atoms with Gasteiger partial charge in [0.15, 0.2) is 0 Å². The van der Waals surface area contributed by atoms with E-state index in [0.29, 0.717) is 0 Å². The molecular formula is C14H17F3. The Morgan fingerprint density at radius 3 is 2.18 bits per heavy atom. The van der Waals surface area contributed by atoms with E-state index in [1.165, 1.54) is 37.8 Å². The molecule has 2 rings (SSSR count). The van der Waals surface area contributed by atoms with Crippen molar-refractivity contribution in [1.29, 1.82) is 0 Å². The van der Waals surface area contributed by atoms with Gasteiger partial charge in [-0.05, 0) is 36.5 Å². The Morgan fingerprint density at radius 1 is 1.00 bits per heavy atom. The summed E-state index contributed by atoms with van der Waals surface area (Å²) >= 11 is 0. The van der Waals surface area contributed by atoms with Gasteiger partial charge in [0.2, 0.25) is 0 Å². The summed E-state index contributed by atoms with van der Waals surface area (Å²) in [6.45, 7) is 0. The van der Waals surface area contributed by atoms with Crippen molar-refractivity contribution >= 4 is 0 Å². The minimum Gasteiger partial charge on any atom is -0.166 e. The molecule has 0 nitrogen and oxygen atoms in total. The van der Waals surface area contributed by atoms with Crippen molar-refractivity contribution in [2.24, 2.45) is 5.92 Å². The van der Waals surface area contributed by atoms with Crippen LogP contribution < -0.4 is 0 Å². The highest BCUT2D eigenvalue weighted by atomic mass is 19.4. The van der Waals surface area contributed by atoms with Gasteiger partial charge >= 0.3 is 6.18 Å². The second-order valence-corrected chi connectivity index (χ2v) is 4.88. The molecule has 0 N–H and O–H groups in total. The molecule has 1 aromatic rings. The van der Waals surface area contributed by atoms with Crippen molar-refractivity contribution in [3.63, 3.8) is 0 Å². The second kappa shape index (κ2) is 5.11. The number of hydrogen-bond donors (Lipinski definition) is 0. The largest absolute Gasteiger partial charge is 0.416 e. The Hall–Kier alpha value is -0.990. The Balaban J connectivity index is 1.76. The Labute approximate surface area is 99.8 Å². The van der Waals surface area contributed by atoms with Crippen LogP contribution in [0.4, 0.5) is 13.2 Å². The highest BCUT2D eigenvalue weighted by molar-refractivity contribution is 5.24. The van der Waals surface area contributed by atoms with Gasteiger partial charge in [-0.2, -0.15) is 13.2 Å². The van der Waals surface area contributed by atoms with Gasteiger partial charge in [-0.1, -0.05) is 37.8 Å². The van der Waals surface area contributed by atoms with Gasteiger partial charge < -0.3 is 0 Å². The molecule has 0 bridgehead atoms. The van der Waals surface area contributed by atoms with Gasteiger partial charge in [0, 0.05) is 0 Å². The van der Waals surface area contributed by atoms with Crippen LogP contribution in [0.2, 0.25) is 0 Å². The van der Waals surface area contributed by atoms with E-state index in [2.05, 4.69) is 0 Å². The first kappa shape index (κ1) is 12.5. The van der Waals surface area contributed by atoms with E-state index in [1.807, 2.05) is 0 Å². The molecule has 0 saturated heterocycles. The maximum atomic E-state index is 12.3. The van der Waals surface area contributed by atoms with Crippen LogP contribution in [-0.4, -0.2) is 0 Å². The van der Waals surface area contributed by atoms with Crippen molar-refractivity contribution in [2.45, 2.75) is 44.7 Å². The quantitative estimate of drug-likeness (QED) is 0.649. The highest BCUT2D eigenvalue weighted by Crippen LogP contribution is 2.34. The summed E-state index contributed by atoms with van der Waals surface area (Å²) in [6, 6.07) is 5.55. The standard InChI is InChI=1S/C14H17F3/c15-14(16,17)13-9-7-12(8-10-13)4-2-1-3-11-5-6-11/h7-11H,1-6H2. The molecule has 0 atom stereocenters. The van der Waals surface area contributed by atoms with Gasteiger partial charge in [-0.25, -0.2) is 0 Å². The fourth-order valence-corrected chi connectivity index (χ4v) is 2.03. The van der Waals surface area contributed by atoms with Crippen LogP contribution in [0.15, 0.2) is 24.3 Å². The molecule has 1 aliphatic carbocycles. The van der Waals surface area contributed by atoms with Crippen molar-refractivity contribution < 1.29 is 13.2 Å². The summed E-state index contributed by atoms with van der Waals surface area (Å²) in [4.78, 5) is 0. The summed E-state index contributed by atoms with van der Waals surface area (Å²) in [7, 11) is 0. The Bertz CT molecular complexity index is 347. The van der Waals surface area contributed by atoms with E-state index in [1.54, 1.807) is 12.1 Å². The minimum atomic E-state index is -4.22. The van der Waals surface area contributed by atoms with Crippen LogP contribution >= 0.6 is 0 Å². The van der Waals surface area contributed by atoms with Crippen molar-refractivity contribution in [2.75, 3.05) is 0 Å². The molecule has 0 heterocycles. The Morgan fingerprint density at radius 2 is 1.65 bits per heavy atom. The molecule has 1 aromatic carbocycles. The molecule has 0 amide bonds. The molecule has 1 aliphatic rings. The maximum absolute atomic E-state index is 12.3. The van der Waals surface area contributed by atoms with E-state index in [9.17, 15) is 13.2 Å². The third-order valence-corrected chi connectivity index (χ3v) is 3.31. The second-order valence-electron chi connectivity index (χ2n) is 4.88. The van der Waals surface area contributed by atoms with Gasteiger partial charge in [0.1, 0.15) is 0 Å². The molecule has 1 saturated carbocycles. The summed E-state index contributed by atoms with van der Waals surface area (Å²) < 4.78 is 37.0. The number of alkyl halides is 3. The predicted octanol–water partition coefficient (Wildman–Crippen LogP) is 4.83. The molecule has 17 heavy (non-hydrogen) atoms. The van der Waals surface area contributed by atoms with E-state index < -0.39 is 11.7 Å². The number of benzene rings is 1. The first-order chi connectivity index (χ1) is 8.05. The summed E-state index contributed by atoms with van der Waals surface area (Å²) in [5.41, 5.74) is 0.452. The van der Waals surface area contributed by atoms with Crippen LogP contribution in [0.5, 0.6) is 0 Å². The average Bonchev–Trinajstić information content (AvgIpc) is 3.08. The zero-order chi connectivity index (χ0) is 12.3. The molecule has 0 aromatic heterocycles. The fraction of sp³-hybridized carbons (Fsp3) is 0.571. The van der Waals surface area contributed by atoms with Gasteiger partial charge in [-0.3, -0.25) is 0 Å². The SMILES string of the molecule is FC(F)(F)c1ccc(CCCCC2CC2)cc1. The van der Waals surface area contributed by atoms with Gasteiger partial charge in [0.05, 0.1) is 5.56 Å². The molecule has 0 aliphatic heterocycles. The smallest absolute Gasteiger partial charge is 0.166 e. The maximum Gasteiger partial charge on any atom is 0.416 e. The van der Waals surface area contributed by atoms with Crippen LogP contribution in [0.1, 0.15) is 43.2 Å². The van der Waals surface area contributed by atoms with Crippen LogP contribution in [-0.2, 0) is 12.6 Å². The molecule has 0 unspecified atom stereocenters. The molecule has 1 fully saturated rings. The zero-order valence-electron chi connectivity index (χ0n) is 9.76. The van der Waals surface area contributed by atoms with Crippen LogP contribution in [0, 0.1) is 5.92 Å². The summed E-state index contributed by atoms with van der Waals surface area (Å²) in [5, 5.41) is 0. The van der Waals surface area contributed by atoms with E-state index in [4.69, 9.17) is 0 Å². The Kier molecular flexibility index (Phi) is 3.75. The normalized spacial score (nSPS) is 16.2. The highest BCUT2D eigenvalue weighted by Gasteiger charge is 2.29. The zero-order valence-corrected chi connectivity index (χ0v) is 9.76. The average molecular weight is 242 g/mol. The van der Waals surface area contributed by atoms with Crippen molar-refractivity contribution in [1.82, 2.24) is 0 Å². The van der Waals surface area contributed by atoms with Gasteiger partial charge in [-0.15, -0.1) is 0 Å². The lowest BCUT2D eigenvalue weighted by molar-refractivity contribution is -0.137. The number of aryl methyl sites for hydroxylation is 1. The topological polar surface area (TPSA) is 0 Å². The third kappa shape index (κ3) is 4.06. The summed E-state index contributed by atoms with van der Waals surface area (Å²) in [6.07, 6.45) is 3.00. The lowest BCUT2D eigenvalue weighted by atomic mass is 10.0. The van der Waals surface area contributed by atoms with Crippen LogP contribution in [0.3, 0.4) is 0 Å². The lowest BCUT2D eigenvalue weighted by Gasteiger charge is -2.07. The lowest BCUT2D eigenvalue weighted by Crippen LogP contribution is -2.04. The predicted molar refractivity (Wildman–Crippen MR) is 61.7 cm³/mol. The van der Waals surface area contributed by atoms with Crippen molar-refractivity contribution in [3.8, 4) is 0 Å². The first-order valence-electron chi connectivity index (χ1n) is 6.22.